The summed E-state index contributed by atoms with van der Waals surface area (Å²) in [6.07, 6.45) is 2.58. The third-order valence-corrected chi connectivity index (χ3v) is 8.05. The van der Waals surface area contributed by atoms with Crippen molar-refractivity contribution in [3.63, 3.8) is 0 Å². The zero-order chi connectivity index (χ0) is 18.2. The monoisotopic (exact) mass is 487 g/mol. The van der Waals surface area contributed by atoms with Gasteiger partial charge in [-0.25, -0.2) is 8.42 Å². The number of hydrogen-bond donors (Lipinski definition) is 2. The molecule has 1 saturated carbocycles. The van der Waals surface area contributed by atoms with Gasteiger partial charge in [0, 0.05) is 37.6 Å². The van der Waals surface area contributed by atoms with Gasteiger partial charge in [0.05, 0.1) is 16.6 Å². The van der Waals surface area contributed by atoms with Crippen molar-refractivity contribution in [1.29, 1.82) is 0 Å². The van der Waals surface area contributed by atoms with E-state index in [1.807, 2.05) is 0 Å². The molecule has 0 amide bonds. The molecule has 0 aromatic carbocycles. The number of nitrogens with zero attached hydrogens (tertiary/aromatic N) is 1. The van der Waals surface area contributed by atoms with Crippen LogP contribution < -0.4 is 10.6 Å². The van der Waals surface area contributed by atoms with Gasteiger partial charge in [-0.2, -0.15) is 0 Å². The van der Waals surface area contributed by atoms with Gasteiger partial charge >= 0.3 is 0 Å². The molecule has 0 bridgehead atoms. The number of aliphatic imine (C=N–C) groups is 1. The van der Waals surface area contributed by atoms with E-state index in [2.05, 4.69) is 29.5 Å². The van der Waals surface area contributed by atoms with E-state index in [-0.39, 0.29) is 35.1 Å². The van der Waals surface area contributed by atoms with Crippen LogP contribution in [-0.4, -0.2) is 57.2 Å². The van der Waals surface area contributed by atoms with Crippen LogP contribution in [0.5, 0.6) is 0 Å². The van der Waals surface area contributed by atoms with Gasteiger partial charge in [0.15, 0.2) is 15.8 Å². The summed E-state index contributed by atoms with van der Waals surface area (Å²) in [6.45, 7) is 10.8. The van der Waals surface area contributed by atoms with Crippen molar-refractivity contribution < 1.29 is 13.2 Å². The Morgan fingerprint density at radius 3 is 2.52 bits per heavy atom. The second-order valence-electron chi connectivity index (χ2n) is 8.47. The Morgan fingerprint density at radius 1 is 1.32 bits per heavy atom. The first-order chi connectivity index (χ1) is 11.0. The lowest BCUT2D eigenvalue weighted by molar-refractivity contribution is -0.188. The van der Waals surface area contributed by atoms with Crippen LogP contribution in [0.3, 0.4) is 0 Å². The average Bonchev–Trinajstić information content (AvgIpc) is 2.49. The molecule has 2 N–H and O–H groups in total. The minimum atomic E-state index is -3.13. The van der Waals surface area contributed by atoms with Crippen LogP contribution in [0.2, 0.25) is 0 Å². The molecule has 2 aliphatic rings. The Balaban J connectivity index is 0.00000312. The molecule has 0 spiro atoms. The maximum atomic E-state index is 12.2. The van der Waals surface area contributed by atoms with Gasteiger partial charge in [-0.3, -0.25) is 4.99 Å². The van der Waals surface area contributed by atoms with Crippen LogP contribution in [0.25, 0.3) is 0 Å². The van der Waals surface area contributed by atoms with E-state index in [0.29, 0.717) is 30.6 Å². The SMILES string of the molecule is CN=C(NCCS(=O)(=O)C(C)(C)C)NC1C2CCCOC2C1(C)C.I. The molecule has 1 aliphatic carbocycles. The predicted molar refractivity (Wildman–Crippen MR) is 113 cm³/mol. The quantitative estimate of drug-likeness (QED) is 0.361. The summed E-state index contributed by atoms with van der Waals surface area (Å²) in [5, 5.41) is 6.63. The van der Waals surface area contributed by atoms with E-state index in [0.717, 1.165) is 13.0 Å². The molecule has 0 radical (unpaired) electrons. The summed E-state index contributed by atoms with van der Waals surface area (Å²) in [5.74, 6) is 1.27. The van der Waals surface area contributed by atoms with Crippen molar-refractivity contribution in [1.82, 2.24) is 10.6 Å². The second kappa shape index (κ2) is 8.29. The normalized spacial score (nSPS) is 29.0. The number of sulfone groups is 1. The molecule has 0 aromatic heterocycles. The highest BCUT2D eigenvalue weighted by molar-refractivity contribution is 14.0. The summed E-state index contributed by atoms with van der Waals surface area (Å²) >= 11 is 0. The fourth-order valence-electron chi connectivity index (χ4n) is 3.77. The highest BCUT2D eigenvalue weighted by Gasteiger charge is 2.58. The fraction of sp³-hybridized carbons (Fsp3) is 0.941. The number of fused-ring (bicyclic) bond motifs is 1. The lowest BCUT2D eigenvalue weighted by atomic mass is 9.55. The Hall–Kier alpha value is -0.0900. The topological polar surface area (TPSA) is 79.8 Å². The number of nitrogens with one attached hydrogen (secondary N) is 2. The van der Waals surface area contributed by atoms with Gasteiger partial charge in [0.1, 0.15) is 0 Å². The van der Waals surface area contributed by atoms with E-state index in [9.17, 15) is 8.42 Å². The van der Waals surface area contributed by atoms with Gasteiger partial charge < -0.3 is 15.4 Å². The number of guanidine groups is 1. The zero-order valence-electron chi connectivity index (χ0n) is 16.3. The zero-order valence-corrected chi connectivity index (χ0v) is 19.4. The molecular formula is C17H34IN3O3S. The molecule has 1 aliphatic heterocycles. The van der Waals surface area contributed by atoms with E-state index >= 15 is 0 Å². The van der Waals surface area contributed by atoms with Crippen LogP contribution >= 0.6 is 24.0 Å². The van der Waals surface area contributed by atoms with Crippen molar-refractivity contribution in [3.05, 3.63) is 0 Å². The van der Waals surface area contributed by atoms with E-state index in [4.69, 9.17) is 4.74 Å². The average molecular weight is 487 g/mol. The number of hydrogen-bond acceptors (Lipinski definition) is 4. The molecular weight excluding hydrogens is 453 g/mol. The molecule has 1 heterocycles. The lowest BCUT2D eigenvalue weighted by Crippen LogP contribution is -2.71. The van der Waals surface area contributed by atoms with Crippen molar-refractivity contribution in [2.75, 3.05) is 26.0 Å². The summed E-state index contributed by atoms with van der Waals surface area (Å²) in [5.41, 5.74) is 0.0557. The first-order valence-electron chi connectivity index (χ1n) is 8.82. The van der Waals surface area contributed by atoms with E-state index in [1.165, 1.54) is 6.42 Å². The number of ether oxygens (including phenoxy) is 1. The van der Waals surface area contributed by atoms with Gasteiger partial charge in [-0.1, -0.05) is 13.8 Å². The van der Waals surface area contributed by atoms with Gasteiger partial charge in [-0.15, -0.1) is 24.0 Å². The summed E-state index contributed by atoms with van der Waals surface area (Å²) in [4.78, 5) is 4.25. The predicted octanol–water partition coefficient (Wildman–Crippen LogP) is 2.19. The molecule has 6 nitrogen and oxygen atoms in total. The Kier molecular flexibility index (Phi) is 7.61. The maximum absolute atomic E-state index is 12.2. The second-order valence-corrected chi connectivity index (χ2v) is 11.3. The van der Waals surface area contributed by atoms with Gasteiger partial charge in [0.2, 0.25) is 0 Å². The number of rotatable bonds is 4. The highest BCUT2D eigenvalue weighted by Crippen LogP contribution is 2.51. The number of halogens is 1. The third kappa shape index (κ3) is 4.80. The van der Waals surface area contributed by atoms with Crippen LogP contribution in [0.4, 0.5) is 0 Å². The molecule has 0 aromatic rings. The summed E-state index contributed by atoms with van der Waals surface area (Å²) in [6, 6.07) is 0.299. The largest absolute Gasteiger partial charge is 0.377 e. The third-order valence-electron chi connectivity index (χ3n) is 5.44. The fourth-order valence-corrected chi connectivity index (χ4v) is 4.75. The van der Waals surface area contributed by atoms with Crippen molar-refractivity contribution in [3.8, 4) is 0 Å². The lowest BCUT2D eigenvalue weighted by Gasteiger charge is -2.60. The minimum absolute atomic E-state index is 0. The smallest absolute Gasteiger partial charge is 0.191 e. The summed E-state index contributed by atoms with van der Waals surface area (Å²) in [7, 11) is -1.41. The van der Waals surface area contributed by atoms with Gasteiger partial charge in [-0.05, 0) is 33.6 Å². The Labute approximate surface area is 169 Å². The van der Waals surface area contributed by atoms with Crippen molar-refractivity contribution >= 4 is 39.8 Å². The molecule has 2 fully saturated rings. The molecule has 25 heavy (non-hydrogen) atoms. The molecule has 2 rings (SSSR count). The first-order valence-corrected chi connectivity index (χ1v) is 10.5. The Morgan fingerprint density at radius 2 is 1.96 bits per heavy atom. The van der Waals surface area contributed by atoms with Crippen molar-refractivity contribution in [2.45, 2.75) is 64.4 Å². The van der Waals surface area contributed by atoms with E-state index in [1.54, 1.807) is 27.8 Å². The molecule has 3 atom stereocenters. The maximum Gasteiger partial charge on any atom is 0.191 e. The first kappa shape index (κ1) is 23.0. The molecule has 8 heteroatoms. The van der Waals surface area contributed by atoms with Crippen molar-refractivity contribution in [2.24, 2.45) is 16.3 Å². The van der Waals surface area contributed by atoms with Crippen LogP contribution in [-0.2, 0) is 14.6 Å². The van der Waals surface area contributed by atoms with Crippen LogP contribution in [0.15, 0.2) is 4.99 Å². The van der Waals surface area contributed by atoms with Crippen LogP contribution in [0.1, 0.15) is 47.5 Å². The summed E-state index contributed by atoms with van der Waals surface area (Å²) < 4.78 is 29.6. The van der Waals surface area contributed by atoms with Crippen LogP contribution in [0, 0.1) is 11.3 Å². The van der Waals surface area contributed by atoms with Gasteiger partial charge in [0.25, 0.3) is 0 Å². The molecule has 3 unspecified atom stereocenters. The molecule has 1 saturated heterocycles. The standard InChI is InChI=1S/C17H33N3O3S.HI/c1-16(2,3)24(21,22)11-9-19-15(18-6)20-13-12-8-7-10-23-14(12)17(13,4)5;/h12-14H,7-11H2,1-6H3,(H2,18,19,20);1H. The Bertz CT molecular complexity index is 584. The molecule has 148 valence electrons. The highest BCUT2D eigenvalue weighted by atomic mass is 127. The minimum Gasteiger partial charge on any atom is -0.377 e. The van der Waals surface area contributed by atoms with E-state index < -0.39 is 14.6 Å².